The van der Waals surface area contributed by atoms with Crippen molar-refractivity contribution in [2.75, 3.05) is 14.2 Å². The lowest BCUT2D eigenvalue weighted by atomic mass is 10.2. The summed E-state index contributed by atoms with van der Waals surface area (Å²) in [5.41, 5.74) is 1.41. The molecule has 0 atom stereocenters. The predicted molar refractivity (Wildman–Crippen MR) is 130 cm³/mol. The van der Waals surface area contributed by atoms with E-state index in [0.717, 1.165) is 9.13 Å². The van der Waals surface area contributed by atoms with Gasteiger partial charge in [-0.1, -0.05) is 6.07 Å². The van der Waals surface area contributed by atoms with Crippen LogP contribution in [-0.4, -0.2) is 47.3 Å². The van der Waals surface area contributed by atoms with E-state index in [1.54, 1.807) is 32.4 Å². The highest BCUT2D eigenvalue weighted by Gasteiger charge is 2.30. The van der Waals surface area contributed by atoms with Crippen LogP contribution in [0.4, 0.5) is 5.69 Å². The number of ether oxygens (including phenoxy) is 2. The summed E-state index contributed by atoms with van der Waals surface area (Å²) in [7, 11) is 3.22. The van der Waals surface area contributed by atoms with Gasteiger partial charge in [0.25, 0.3) is 5.91 Å². The lowest BCUT2D eigenvalue weighted by Gasteiger charge is -2.16. The minimum Gasteiger partial charge on any atom is -0.493 e. The van der Waals surface area contributed by atoms with Crippen LogP contribution < -0.4 is 9.47 Å². The number of benzene rings is 2. The Morgan fingerprint density at radius 3 is 2.68 bits per heavy atom. The maximum absolute atomic E-state index is 12.7. The van der Waals surface area contributed by atoms with Crippen LogP contribution in [0, 0.1) is 3.57 Å². The van der Waals surface area contributed by atoms with E-state index in [9.17, 15) is 9.59 Å². The number of likely N-dealkylation sites (N-methyl/N-ethyl adjacent to an activating group) is 1. The number of hydrogen-bond acceptors (Lipinski definition) is 6. The molecule has 0 radical (unpaired) electrons. The normalized spacial score (nSPS) is 16.5. The van der Waals surface area contributed by atoms with Crippen LogP contribution in [0.1, 0.15) is 29.8 Å². The third-order valence-corrected chi connectivity index (χ3v) is 6.09. The summed E-state index contributed by atoms with van der Waals surface area (Å²) in [6.45, 7) is 3.89. The molecule has 1 fully saturated rings. The Morgan fingerprint density at radius 2 is 2.03 bits per heavy atom. The van der Waals surface area contributed by atoms with Crippen molar-refractivity contribution in [3.05, 3.63) is 56.0 Å². The molecule has 31 heavy (non-hydrogen) atoms. The van der Waals surface area contributed by atoms with Gasteiger partial charge in [-0.3, -0.25) is 9.69 Å². The summed E-state index contributed by atoms with van der Waals surface area (Å²) >= 11 is 3.41. The van der Waals surface area contributed by atoms with E-state index in [0.29, 0.717) is 27.3 Å². The number of hydrogen-bond donors (Lipinski definition) is 1. The molecule has 2 aromatic carbocycles. The average molecular weight is 552 g/mol. The summed E-state index contributed by atoms with van der Waals surface area (Å²) < 4.78 is 12.2. The number of nitrogens with zero attached hydrogens (tertiary/aromatic N) is 2. The van der Waals surface area contributed by atoms with Gasteiger partial charge in [-0.15, -0.1) is 0 Å². The summed E-state index contributed by atoms with van der Waals surface area (Å²) in [6, 6.07) is 10.0. The van der Waals surface area contributed by atoms with Crippen molar-refractivity contribution >= 4 is 63.2 Å². The Kier molecular flexibility index (Phi) is 7.26. The smallest absolute Gasteiger partial charge is 0.335 e. The summed E-state index contributed by atoms with van der Waals surface area (Å²) in [5.74, 6) is 0.0492. The number of carboxylic acid groups (broad SMARTS) is 1. The summed E-state index contributed by atoms with van der Waals surface area (Å²) in [5, 5.41) is 9.63. The number of amides is 1. The second-order valence-corrected chi connectivity index (χ2v) is 9.10. The van der Waals surface area contributed by atoms with Crippen molar-refractivity contribution in [2.24, 2.45) is 4.99 Å². The minimum absolute atomic E-state index is 0.00522. The van der Waals surface area contributed by atoms with Gasteiger partial charge in [0.2, 0.25) is 0 Å². The van der Waals surface area contributed by atoms with E-state index in [2.05, 4.69) is 27.6 Å². The second-order valence-electron chi connectivity index (χ2n) is 6.93. The van der Waals surface area contributed by atoms with Crippen molar-refractivity contribution in [1.29, 1.82) is 0 Å². The Bertz CT molecular complexity index is 1100. The molecular weight excluding hydrogens is 531 g/mol. The number of thioether (sulfide) groups is 1. The zero-order valence-corrected chi connectivity index (χ0v) is 20.4. The largest absolute Gasteiger partial charge is 0.493 e. The number of rotatable bonds is 6. The standard InChI is InChI=1S/C22H21IN2O5S/c1-12(2)30-19-16(23)8-13(9-17(19)29-4)10-18-20(26)25(3)22(31-18)24-15-7-5-6-14(11-15)21(27)28/h5-12H,1-4H3,(H,27,28)/b18-10+,24-22?. The van der Waals surface area contributed by atoms with Crippen LogP contribution in [-0.2, 0) is 4.79 Å². The first-order chi connectivity index (χ1) is 14.7. The number of carboxylic acids is 1. The van der Waals surface area contributed by atoms with Crippen LogP contribution in [0.3, 0.4) is 0 Å². The molecule has 1 amide bonds. The summed E-state index contributed by atoms with van der Waals surface area (Å²) in [6.07, 6.45) is 1.79. The molecule has 0 saturated carbocycles. The fraction of sp³-hybridized carbons (Fsp3) is 0.227. The number of amidine groups is 1. The SMILES string of the molecule is COc1cc(/C=C2/SC(=Nc3cccc(C(=O)O)c3)N(C)C2=O)cc(I)c1OC(C)C. The van der Waals surface area contributed by atoms with Crippen molar-refractivity contribution in [3.8, 4) is 11.5 Å². The van der Waals surface area contributed by atoms with Crippen molar-refractivity contribution in [2.45, 2.75) is 20.0 Å². The molecular formula is C22H21IN2O5S. The predicted octanol–water partition coefficient (Wildman–Crippen LogP) is 5.02. The van der Waals surface area contributed by atoms with E-state index in [4.69, 9.17) is 14.6 Å². The number of carbonyl (C=O) groups is 2. The van der Waals surface area contributed by atoms with Gasteiger partial charge in [0.1, 0.15) is 0 Å². The molecule has 0 aromatic heterocycles. The third kappa shape index (κ3) is 5.40. The van der Waals surface area contributed by atoms with E-state index in [1.165, 1.54) is 28.8 Å². The zero-order valence-electron chi connectivity index (χ0n) is 17.4. The van der Waals surface area contributed by atoms with Crippen LogP contribution in [0.25, 0.3) is 6.08 Å². The van der Waals surface area contributed by atoms with Gasteiger partial charge in [-0.25, -0.2) is 9.79 Å². The van der Waals surface area contributed by atoms with E-state index >= 15 is 0 Å². The van der Waals surface area contributed by atoms with Gasteiger partial charge >= 0.3 is 5.97 Å². The maximum atomic E-state index is 12.7. The average Bonchev–Trinajstić information content (AvgIpc) is 2.97. The molecule has 1 heterocycles. The first-order valence-electron chi connectivity index (χ1n) is 9.33. The maximum Gasteiger partial charge on any atom is 0.335 e. The van der Waals surface area contributed by atoms with Gasteiger partial charge < -0.3 is 14.6 Å². The Balaban J connectivity index is 1.92. The Labute approximate surface area is 198 Å². The monoisotopic (exact) mass is 552 g/mol. The van der Waals surface area contributed by atoms with Crippen LogP contribution >= 0.6 is 34.4 Å². The van der Waals surface area contributed by atoms with Gasteiger partial charge in [-0.05, 0) is 90.2 Å². The van der Waals surface area contributed by atoms with Crippen LogP contribution in [0.2, 0.25) is 0 Å². The van der Waals surface area contributed by atoms with Gasteiger partial charge in [0.15, 0.2) is 16.7 Å². The molecule has 3 rings (SSSR count). The highest BCUT2D eigenvalue weighted by molar-refractivity contribution is 14.1. The number of methoxy groups -OCH3 is 1. The lowest BCUT2D eigenvalue weighted by molar-refractivity contribution is -0.121. The fourth-order valence-electron chi connectivity index (χ4n) is 2.80. The summed E-state index contributed by atoms with van der Waals surface area (Å²) in [4.78, 5) is 30.3. The zero-order chi connectivity index (χ0) is 22.7. The van der Waals surface area contributed by atoms with Gasteiger partial charge in [0, 0.05) is 7.05 Å². The quantitative estimate of drug-likeness (QED) is 0.400. The van der Waals surface area contributed by atoms with Crippen LogP contribution in [0.15, 0.2) is 46.3 Å². The molecule has 1 N–H and O–H groups in total. The first-order valence-corrected chi connectivity index (χ1v) is 11.2. The minimum atomic E-state index is -1.03. The van der Waals surface area contributed by atoms with E-state index in [-0.39, 0.29) is 17.6 Å². The molecule has 2 aromatic rings. The number of aromatic carboxylic acids is 1. The Hall–Kier alpha value is -2.53. The molecule has 0 unspecified atom stereocenters. The van der Waals surface area contributed by atoms with Gasteiger partial charge in [-0.2, -0.15) is 0 Å². The highest BCUT2D eigenvalue weighted by atomic mass is 127. The highest BCUT2D eigenvalue weighted by Crippen LogP contribution is 2.38. The van der Waals surface area contributed by atoms with Crippen molar-refractivity contribution in [3.63, 3.8) is 0 Å². The Morgan fingerprint density at radius 1 is 1.29 bits per heavy atom. The molecule has 1 aliphatic rings. The molecule has 1 saturated heterocycles. The fourth-order valence-corrected chi connectivity index (χ4v) is 4.53. The number of aliphatic imine (C=N–C) groups is 1. The van der Waals surface area contributed by atoms with Crippen molar-refractivity contribution < 1.29 is 24.2 Å². The molecule has 162 valence electrons. The first kappa shape index (κ1) is 23.1. The van der Waals surface area contributed by atoms with E-state index < -0.39 is 5.97 Å². The molecule has 0 bridgehead atoms. The molecule has 0 aliphatic carbocycles. The molecule has 9 heteroatoms. The molecule has 0 spiro atoms. The van der Waals surface area contributed by atoms with Crippen molar-refractivity contribution in [1.82, 2.24) is 4.90 Å². The van der Waals surface area contributed by atoms with Gasteiger partial charge in [0.05, 0.1) is 32.9 Å². The molecule has 7 nitrogen and oxygen atoms in total. The number of carbonyl (C=O) groups excluding carboxylic acids is 1. The molecule has 1 aliphatic heterocycles. The number of halogens is 1. The second kappa shape index (κ2) is 9.73. The third-order valence-electron chi connectivity index (χ3n) is 4.22. The lowest BCUT2D eigenvalue weighted by Crippen LogP contribution is -2.23. The van der Waals surface area contributed by atoms with Crippen LogP contribution in [0.5, 0.6) is 11.5 Å². The topological polar surface area (TPSA) is 88.4 Å². The van der Waals surface area contributed by atoms with E-state index in [1.807, 2.05) is 26.0 Å².